The molecule has 0 aliphatic heterocycles. The highest BCUT2D eigenvalue weighted by Crippen LogP contribution is 2.27. The topological polar surface area (TPSA) is 108 Å². The van der Waals surface area contributed by atoms with Crippen molar-refractivity contribution in [2.75, 3.05) is 18.5 Å². The number of esters is 1. The molecule has 0 saturated heterocycles. The Hall–Kier alpha value is -3.13. The van der Waals surface area contributed by atoms with Crippen molar-refractivity contribution in [1.29, 1.82) is 0 Å². The maximum atomic E-state index is 11.9. The number of amides is 1. The number of hydrogen-bond acceptors (Lipinski definition) is 6. The Kier molecular flexibility index (Phi) is 7.76. The van der Waals surface area contributed by atoms with Crippen LogP contribution in [0.15, 0.2) is 42.5 Å². The highest BCUT2D eigenvalue weighted by molar-refractivity contribution is 6.31. The Morgan fingerprint density at radius 2 is 1.96 bits per heavy atom. The van der Waals surface area contributed by atoms with Crippen LogP contribution >= 0.6 is 11.6 Å². The van der Waals surface area contributed by atoms with Gasteiger partial charge in [0, 0.05) is 17.5 Å². The molecule has 1 N–H and O–H groups in total. The summed E-state index contributed by atoms with van der Waals surface area (Å²) in [4.78, 5) is 34.2. The number of nitro benzene ring substituents is 1. The average Bonchev–Trinajstić information content (AvgIpc) is 2.67. The fourth-order valence-electron chi connectivity index (χ4n) is 2.41. The van der Waals surface area contributed by atoms with Gasteiger partial charge in [-0.2, -0.15) is 0 Å². The fraction of sp³-hybridized carbons (Fsp3) is 0.263. The van der Waals surface area contributed by atoms with Crippen LogP contribution in [0.4, 0.5) is 11.4 Å². The quantitative estimate of drug-likeness (QED) is 0.386. The van der Waals surface area contributed by atoms with Gasteiger partial charge in [0.1, 0.15) is 11.4 Å². The Morgan fingerprint density at radius 1 is 1.21 bits per heavy atom. The number of nitro groups is 1. The molecule has 0 atom stereocenters. The summed E-state index contributed by atoms with van der Waals surface area (Å²) in [7, 11) is 0. The third kappa shape index (κ3) is 6.24. The van der Waals surface area contributed by atoms with Crippen LogP contribution in [0.3, 0.4) is 0 Å². The average molecular weight is 407 g/mol. The minimum absolute atomic E-state index is 0.0268. The summed E-state index contributed by atoms with van der Waals surface area (Å²) in [6.07, 6.45) is 0.470. The second-order valence-electron chi connectivity index (χ2n) is 5.67. The van der Waals surface area contributed by atoms with E-state index < -0.39 is 23.4 Å². The molecule has 148 valence electrons. The number of halogens is 1. The van der Waals surface area contributed by atoms with Gasteiger partial charge in [0.15, 0.2) is 6.61 Å². The van der Waals surface area contributed by atoms with E-state index in [0.717, 1.165) is 11.6 Å². The number of hydrogen-bond donors (Lipinski definition) is 1. The smallest absolute Gasteiger partial charge is 0.306 e. The lowest BCUT2D eigenvalue weighted by molar-refractivity contribution is -0.383. The first-order valence-electron chi connectivity index (χ1n) is 8.50. The van der Waals surface area contributed by atoms with E-state index in [-0.39, 0.29) is 22.8 Å². The van der Waals surface area contributed by atoms with Crippen LogP contribution in [-0.2, 0) is 20.7 Å². The Morgan fingerprint density at radius 3 is 2.68 bits per heavy atom. The van der Waals surface area contributed by atoms with Crippen molar-refractivity contribution < 1.29 is 24.0 Å². The zero-order chi connectivity index (χ0) is 20.5. The number of para-hydroxylation sites is 1. The molecule has 9 heteroatoms. The summed E-state index contributed by atoms with van der Waals surface area (Å²) in [6, 6.07) is 11.2. The zero-order valence-electron chi connectivity index (χ0n) is 15.1. The van der Waals surface area contributed by atoms with Gasteiger partial charge in [-0.3, -0.25) is 19.7 Å². The number of carbonyl (C=O) groups is 2. The highest BCUT2D eigenvalue weighted by Gasteiger charge is 2.17. The van der Waals surface area contributed by atoms with Gasteiger partial charge in [-0.05, 0) is 37.1 Å². The number of nitrogens with zero attached hydrogens (tertiary/aromatic N) is 1. The Labute approximate surface area is 166 Å². The lowest BCUT2D eigenvalue weighted by Gasteiger charge is -2.10. The molecule has 1 amide bonds. The summed E-state index contributed by atoms with van der Waals surface area (Å²) in [5.41, 5.74) is 0.489. The minimum atomic E-state index is -0.687. The van der Waals surface area contributed by atoms with Crippen LogP contribution in [0.1, 0.15) is 18.9 Å². The van der Waals surface area contributed by atoms with E-state index in [0.29, 0.717) is 18.8 Å². The molecule has 0 bridgehead atoms. The first-order chi connectivity index (χ1) is 13.4. The van der Waals surface area contributed by atoms with Gasteiger partial charge in [-0.1, -0.05) is 29.8 Å². The number of nitrogens with one attached hydrogen (secondary N) is 1. The third-order valence-electron chi connectivity index (χ3n) is 3.67. The molecule has 0 unspecified atom stereocenters. The van der Waals surface area contributed by atoms with Crippen LogP contribution in [0.5, 0.6) is 5.75 Å². The van der Waals surface area contributed by atoms with E-state index in [4.69, 9.17) is 21.1 Å². The molecule has 2 aromatic carbocycles. The van der Waals surface area contributed by atoms with Crippen molar-refractivity contribution in [2.45, 2.75) is 19.8 Å². The molecular formula is C19H19ClN2O6. The summed E-state index contributed by atoms with van der Waals surface area (Å²) in [5.74, 6) is -0.550. The normalized spacial score (nSPS) is 10.2. The molecule has 8 nitrogen and oxygen atoms in total. The molecule has 0 saturated carbocycles. The van der Waals surface area contributed by atoms with Crippen LogP contribution in [-0.4, -0.2) is 30.0 Å². The van der Waals surface area contributed by atoms with Gasteiger partial charge < -0.3 is 14.8 Å². The van der Waals surface area contributed by atoms with Crippen molar-refractivity contribution in [3.8, 4) is 5.75 Å². The van der Waals surface area contributed by atoms with Crippen LogP contribution in [0.25, 0.3) is 0 Å². The van der Waals surface area contributed by atoms with Crippen LogP contribution in [0, 0.1) is 10.1 Å². The Bertz CT molecular complexity index is 871. The number of aryl methyl sites for hydroxylation is 1. The number of carbonyl (C=O) groups excluding carboxylic acids is 2. The SMILES string of the molecule is CCOc1ccccc1CCC(=O)OCC(=O)Nc1ccc(Cl)cc1[N+](=O)[O-]. The van der Waals surface area contributed by atoms with Crippen LogP contribution < -0.4 is 10.1 Å². The maximum Gasteiger partial charge on any atom is 0.306 e. The highest BCUT2D eigenvalue weighted by atomic mass is 35.5. The first-order valence-corrected chi connectivity index (χ1v) is 8.88. The third-order valence-corrected chi connectivity index (χ3v) is 3.90. The number of rotatable bonds is 9. The zero-order valence-corrected chi connectivity index (χ0v) is 15.9. The van der Waals surface area contributed by atoms with Gasteiger partial charge in [0.05, 0.1) is 11.5 Å². The summed E-state index contributed by atoms with van der Waals surface area (Å²) in [5, 5.41) is 13.5. The number of benzene rings is 2. The summed E-state index contributed by atoms with van der Waals surface area (Å²) < 4.78 is 10.4. The standard InChI is InChI=1S/C19H19ClN2O6/c1-2-27-17-6-4-3-5-13(17)7-10-19(24)28-12-18(23)21-15-9-8-14(20)11-16(15)22(25)26/h3-6,8-9,11H,2,7,10,12H2,1H3,(H,21,23). The first kappa shape index (κ1) is 21.2. The lowest BCUT2D eigenvalue weighted by Crippen LogP contribution is -2.21. The maximum absolute atomic E-state index is 11.9. The molecule has 2 aromatic rings. The van der Waals surface area contributed by atoms with Crippen molar-refractivity contribution in [2.24, 2.45) is 0 Å². The van der Waals surface area contributed by atoms with Gasteiger partial charge in [0.25, 0.3) is 11.6 Å². The molecular weight excluding hydrogens is 388 g/mol. The van der Waals surface area contributed by atoms with E-state index in [2.05, 4.69) is 5.32 Å². The molecule has 0 heterocycles. The molecule has 0 fully saturated rings. The van der Waals surface area contributed by atoms with Crippen molar-refractivity contribution >= 4 is 34.9 Å². The molecule has 0 spiro atoms. The Balaban J connectivity index is 1.85. The van der Waals surface area contributed by atoms with Crippen LogP contribution in [0.2, 0.25) is 5.02 Å². The van der Waals surface area contributed by atoms with Crippen molar-refractivity contribution in [1.82, 2.24) is 0 Å². The monoisotopic (exact) mass is 406 g/mol. The number of anilines is 1. The molecule has 0 aliphatic carbocycles. The molecule has 0 radical (unpaired) electrons. The van der Waals surface area contributed by atoms with E-state index in [1.165, 1.54) is 12.1 Å². The second kappa shape index (κ2) is 10.3. The van der Waals surface area contributed by atoms with E-state index in [1.807, 2.05) is 31.2 Å². The molecule has 0 aromatic heterocycles. The fourth-order valence-corrected chi connectivity index (χ4v) is 2.58. The minimum Gasteiger partial charge on any atom is -0.494 e. The molecule has 2 rings (SSSR count). The second-order valence-corrected chi connectivity index (χ2v) is 6.10. The lowest BCUT2D eigenvalue weighted by atomic mass is 10.1. The van der Waals surface area contributed by atoms with Gasteiger partial charge in [0.2, 0.25) is 0 Å². The molecule has 28 heavy (non-hydrogen) atoms. The summed E-state index contributed by atoms with van der Waals surface area (Å²) >= 11 is 5.72. The van der Waals surface area contributed by atoms with Crippen molar-refractivity contribution in [3.63, 3.8) is 0 Å². The van der Waals surface area contributed by atoms with E-state index in [1.54, 1.807) is 0 Å². The van der Waals surface area contributed by atoms with Gasteiger partial charge in [-0.25, -0.2) is 0 Å². The number of ether oxygens (including phenoxy) is 2. The largest absolute Gasteiger partial charge is 0.494 e. The van der Waals surface area contributed by atoms with Gasteiger partial charge in [-0.15, -0.1) is 0 Å². The van der Waals surface area contributed by atoms with E-state index in [9.17, 15) is 19.7 Å². The predicted octanol–water partition coefficient (Wildman–Crippen LogP) is 3.76. The summed E-state index contributed by atoms with van der Waals surface area (Å²) in [6.45, 7) is 1.83. The molecule has 0 aliphatic rings. The van der Waals surface area contributed by atoms with E-state index >= 15 is 0 Å². The predicted molar refractivity (Wildman–Crippen MR) is 104 cm³/mol. The van der Waals surface area contributed by atoms with Gasteiger partial charge >= 0.3 is 5.97 Å². The van der Waals surface area contributed by atoms with Crippen molar-refractivity contribution in [3.05, 3.63) is 63.2 Å².